The van der Waals surface area contributed by atoms with Crippen molar-refractivity contribution in [2.75, 3.05) is 13.7 Å². The number of halogens is 2. The fourth-order valence-corrected chi connectivity index (χ4v) is 1.11. The largest absolute Gasteiger partial charge is 0.491 e. The standard InChI is InChI=1S/C11H14F2N2O2/c1-11(15-2,10(14)16)6-17-9-4-7(12)3-8(13)5-9/h3-5,15H,6H2,1-2H3,(H2,14,16). The minimum absolute atomic E-state index is 0.00484. The van der Waals surface area contributed by atoms with Crippen molar-refractivity contribution in [2.45, 2.75) is 12.5 Å². The Kier molecular flexibility index (Phi) is 4.01. The first-order chi connectivity index (χ1) is 7.87. The average molecular weight is 244 g/mol. The summed E-state index contributed by atoms with van der Waals surface area (Å²) >= 11 is 0. The van der Waals surface area contributed by atoms with Crippen LogP contribution in [0.4, 0.5) is 8.78 Å². The molecule has 1 unspecified atom stereocenters. The third-order valence-electron chi connectivity index (χ3n) is 2.46. The molecule has 0 radical (unpaired) electrons. The molecule has 0 heterocycles. The van der Waals surface area contributed by atoms with Crippen LogP contribution in [-0.4, -0.2) is 25.1 Å². The fraction of sp³-hybridized carbons (Fsp3) is 0.364. The summed E-state index contributed by atoms with van der Waals surface area (Å²) in [6.07, 6.45) is 0. The molecule has 17 heavy (non-hydrogen) atoms. The maximum atomic E-state index is 12.9. The first-order valence-electron chi connectivity index (χ1n) is 4.95. The second-order valence-electron chi connectivity index (χ2n) is 3.84. The molecule has 0 aliphatic heterocycles. The van der Waals surface area contributed by atoms with Crippen LogP contribution in [0, 0.1) is 11.6 Å². The Labute approximate surface area is 97.8 Å². The number of carbonyl (C=O) groups excluding carboxylic acids is 1. The molecule has 0 saturated carbocycles. The van der Waals surface area contributed by atoms with Crippen molar-refractivity contribution in [3.05, 3.63) is 29.8 Å². The molecule has 0 fully saturated rings. The molecule has 1 aromatic carbocycles. The lowest BCUT2D eigenvalue weighted by atomic mass is 10.0. The van der Waals surface area contributed by atoms with Crippen LogP contribution < -0.4 is 15.8 Å². The number of ether oxygens (including phenoxy) is 1. The van der Waals surface area contributed by atoms with Crippen molar-refractivity contribution in [3.8, 4) is 5.75 Å². The van der Waals surface area contributed by atoms with E-state index in [-0.39, 0.29) is 12.4 Å². The van der Waals surface area contributed by atoms with Gasteiger partial charge in [0.15, 0.2) is 0 Å². The number of likely N-dealkylation sites (N-methyl/N-ethyl adjacent to an activating group) is 1. The number of benzene rings is 1. The van der Waals surface area contributed by atoms with E-state index in [1.165, 1.54) is 6.92 Å². The molecule has 1 aromatic rings. The van der Waals surface area contributed by atoms with Crippen LogP contribution in [0.3, 0.4) is 0 Å². The van der Waals surface area contributed by atoms with Crippen LogP contribution in [-0.2, 0) is 4.79 Å². The number of hydrogen-bond acceptors (Lipinski definition) is 3. The van der Waals surface area contributed by atoms with Gasteiger partial charge in [-0.1, -0.05) is 0 Å². The molecule has 0 aromatic heterocycles. The molecule has 0 saturated heterocycles. The van der Waals surface area contributed by atoms with Gasteiger partial charge in [0.2, 0.25) is 5.91 Å². The first-order valence-corrected chi connectivity index (χ1v) is 4.95. The van der Waals surface area contributed by atoms with E-state index in [0.29, 0.717) is 0 Å². The molecule has 94 valence electrons. The van der Waals surface area contributed by atoms with Crippen LogP contribution in [0.5, 0.6) is 5.75 Å². The highest BCUT2D eigenvalue weighted by Crippen LogP contribution is 2.16. The van der Waals surface area contributed by atoms with Gasteiger partial charge in [0.25, 0.3) is 0 Å². The van der Waals surface area contributed by atoms with Gasteiger partial charge in [-0.25, -0.2) is 8.78 Å². The van der Waals surface area contributed by atoms with Crippen molar-refractivity contribution in [1.29, 1.82) is 0 Å². The van der Waals surface area contributed by atoms with Crippen LogP contribution in [0.1, 0.15) is 6.92 Å². The highest BCUT2D eigenvalue weighted by Gasteiger charge is 2.30. The predicted octanol–water partition coefficient (Wildman–Crippen LogP) is 0.807. The molecular formula is C11H14F2N2O2. The first kappa shape index (κ1) is 13.4. The second kappa shape index (κ2) is 5.09. The van der Waals surface area contributed by atoms with Gasteiger partial charge >= 0.3 is 0 Å². The van der Waals surface area contributed by atoms with E-state index in [2.05, 4.69) is 5.32 Å². The number of amides is 1. The molecule has 4 nitrogen and oxygen atoms in total. The van der Waals surface area contributed by atoms with Crippen molar-refractivity contribution < 1.29 is 18.3 Å². The van der Waals surface area contributed by atoms with Crippen molar-refractivity contribution in [2.24, 2.45) is 5.73 Å². The van der Waals surface area contributed by atoms with Crippen molar-refractivity contribution >= 4 is 5.91 Å². The number of carbonyl (C=O) groups is 1. The van der Waals surface area contributed by atoms with Crippen molar-refractivity contribution in [1.82, 2.24) is 5.32 Å². The van der Waals surface area contributed by atoms with Gasteiger partial charge in [0.1, 0.15) is 29.5 Å². The Bertz CT molecular complexity index is 406. The topological polar surface area (TPSA) is 64.3 Å². The molecule has 1 rings (SSSR count). The molecule has 1 amide bonds. The summed E-state index contributed by atoms with van der Waals surface area (Å²) in [6, 6.07) is 2.79. The zero-order chi connectivity index (χ0) is 13.1. The molecular weight excluding hydrogens is 230 g/mol. The Morgan fingerprint density at radius 3 is 2.35 bits per heavy atom. The molecule has 6 heteroatoms. The fourth-order valence-electron chi connectivity index (χ4n) is 1.11. The average Bonchev–Trinajstić information content (AvgIpc) is 2.24. The Morgan fingerprint density at radius 2 is 1.94 bits per heavy atom. The number of nitrogens with two attached hydrogens (primary N) is 1. The van der Waals surface area contributed by atoms with Gasteiger partial charge in [-0.15, -0.1) is 0 Å². The van der Waals surface area contributed by atoms with E-state index in [9.17, 15) is 13.6 Å². The van der Waals surface area contributed by atoms with Gasteiger partial charge in [-0.05, 0) is 14.0 Å². The molecule has 0 aliphatic rings. The minimum Gasteiger partial charge on any atom is -0.491 e. The molecule has 1 atom stereocenters. The normalized spacial score (nSPS) is 14.1. The third kappa shape index (κ3) is 3.39. The third-order valence-corrected chi connectivity index (χ3v) is 2.46. The smallest absolute Gasteiger partial charge is 0.240 e. The monoisotopic (exact) mass is 244 g/mol. The number of hydrogen-bond donors (Lipinski definition) is 2. The zero-order valence-electron chi connectivity index (χ0n) is 9.59. The summed E-state index contributed by atoms with van der Waals surface area (Å²) in [6.45, 7) is 1.41. The quantitative estimate of drug-likeness (QED) is 0.805. The van der Waals surface area contributed by atoms with E-state index in [0.717, 1.165) is 18.2 Å². The van der Waals surface area contributed by atoms with E-state index in [1.807, 2.05) is 0 Å². The molecule has 0 spiro atoms. The van der Waals surface area contributed by atoms with Gasteiger partial charge in [0.05, 0.1) is 0 Å². The van der Waals surface area contributed by atoms with Gasteiger partial charge < -0.3 is 15.8 Å². The predicted molar refractivity (Wildman–Crippen MR) is 58.5 cm³/mol. The summed E-state index contributed by atoms with van der Waals surface area (Å²) in [5.74, 6) is -2.10. The molecule has 0 bridgehead atoms. The lowest BCUT2D eigenvalue weighted by Crippen LogP contribution is -2.55. The molecule has 3 N–H and O–H groups in total. The second-order valence-corrected chi connectivity index (χ2v) is 3.84. The number of nitrogens with one attached hydrogen (secondary N) is 1. The molecule has 0 aliphatic carbocycles. The highest BCUT2D eigenvalue weighted by molar-refractivity contribution is 5.84. The summed E-state index contributed by atoms with van der Waals surface area (Å²) in [7, 11) is 1.54. The van der Waals surface area contributed by atoms with E-state index in [1.54, 1.807) is 7.05 Å². The van der Waals surface area contributed by atoms with Crippen molar-refractivity contribution in [3.63, 3.8) is 0 Å². The number of rotatable bonds is 5. The maximum Gasteiger partial charge on any atom is 0.240 e. The minimum atomic E-state index is -1.09. The summed E-state index contributed by atoms with van der Waals surface area (Å²) in [4.78, 5) is 11.1. The summed E-state index contributed by atoms with van der Waals surface area (Å²) < 4.78 is 30.9. The lowest BCUT2D eigenvalue weighted by molar-refractivity contribution is -0.124. The van der Waals surface area contributed by atoms with E-state index < -0.39 is 23.1 Å². The van der Waals surface area contributed by atoms with Gasteiger partial charge in [-0.3, -0.25) is 4.79 Å². The SMILES string of the molecule is CNC(C)(COc1cc(F)cc(F)c1)C(N)=O. The Hall–Kier alpha value is -1.69. The maximum absolute atomic E-state index is 12.9. The number of primary amides is 1. The van der Waals surface area contributed by atoms with Crippen LogP contribution >= 0.6 is 0 Å². The zero-order valence-corrected chi connectivity index (χ0v) is 9.59. The van der Waals surface area contributed by atoms with E-state index in [4.69, 9.17) is 10.5 Å². The lowest BCUT2D eigenvalue weighted by Gasteiger charge is -2.25. The Morgan fingerprint density at radius 1 is 1.41 bits per heavy atom. The van der Waals surface area contributed by atoms with Gasteiger partial charge in [-0.2, -0.15) is 0 Å². The van der Waals surface area contributed by atoms with Crippen LogP contribution in [0.25, 0.3) is 0 Å². The summed E-state index contributed by atoms with van der Waals surface area (Å²) in [5.41, 5.74) is 4.08. The summed E-state index contributed by atoms with van der Waals surface area (Å²) in [5, 5.41) is 2.69. The Balaban J connectivity index is 2.76. The van der Waals surface area contributed by atoms with E-state index >= 15 is 0 Å². The van der Waals surface area contributed by atoms with Crippen LogP contribution in [0.15, 0.2) is 18.2 Å². The van der Waals surface area contributed by atoms with Crippen LogP contribution in [0.2, 0.25) is 0 Å². The highest BCUT2D eigenvalue weighted by atomic mass is 19.1. The van der Waals surface area contributed by atoms with Gasteiger partial charge in [0, 0.05) is 18.2 Å².